The highest BCUT2D eigenvalue weighted by molar-refractivity contribution is 5.79. The van der Waals surface area contributed by atoms with Gasteiger partial charge < -0.3 is 15.4 Å². The van der Waals surface area contributed by atoms with Crippen molar-refractivity contribution in [3.05, 3.63) is 48.5 Å². The van der Waals surface area contributed by atoms with Crippen molar-refractivity contribution < 1.29 is 4.74 Å². The van der Waals surface area contributed by atoms with Gasteiger partial charge in [0.1, 0.15) is 6.10 Å². The molecule has 1 heterocycles. The number of hydrogen-bond donors (Lipinski definition) is 1. The molecule has 0 unspecified atom stereocenters. The lowest BCUT2D eigenvalue weighted by Gasteiger charge is -2.34. The molecule has 3 heteroatoms. The maximum atomic E-state index is 6.07. The molecule has 2 aromatic carbocycles. The number of hydrogen-bond acceptors (Lipinski definition) is 3. The topological polar surface area (TPSA) is 38.5 Å². The summed E-state index contributed by atoms with van der Waals surface area (Å²) in [6, 6.07) is 16.6. The SMILES string of the molecule is CN1C[C@H](CN)Oc2c(-c3ccccc3)cccc21. The molecule has 0 amide bonds. The van der Waals surface area contributed by atoms with Crippen LogP contribution in [0.3, 0.4) is 0 Å². The summed E-state index contributed by atoms with van der Waals surface area (Å²) in [6.07, 6.45) is 0.0577. The number of fused-ring (bicyclic) bond motifs is 1. The Morgan fingerprint density at radius 3 is 2.68 bits per heavy atom. The van der Waals surface area contributed by atoms with E-state index in [4.69, 9.17) is 10.5 Å². The molecule has 2 aromatic rings. The molecule has 98 valence electrons. The molecule has 0 saturated heterocycles. The van der Waals surface area contributed by atoms with E-state index in [0.29, 0.717) is 6.54 Å². The van der Waals surface area contributed by atoms with Crippen LogP contribution in [0.1, 0.15) is 0 Å². The van der Waals surface area contributed by atoms with Crippen LogP contribution in [0.5, 0.6) is 5.75 Å². The van der Waals surface area contributed by atoms with Crippen molar-refractivity contribution in [2.24, 2.45) is 5.73 Å². The summed E-state index contributed by atoms with van der Waals surface area (Å²) in [5.74, 6) is 0.943. The summed E-state index contributed by atoms with van der Waals surface area (Å²) in [5, 5.41) is 0. The second-order valence-electron chi connectivity index (χ2n) is 4.88. The van der Waals surface area contributed by atoms with Gasteiger partial charge >= 0.3 is 0 Å². The first-order chi connectivity index (χ1) is 9.29. The van der Waals surface area contributed by atoms with Crippen LogP contribution in [0, 0.1) is 0 Å². The maximum Gasteiger partial charge on any atom is 0.150 e. The zero-order chi connectivity index (χ0) is 13.2. The number of nitrogens with two attached hydrogens (primary N) is 1. The minimum atomic E-state index is 0.0577. The second-order valence-corrected chi connectivity index (χ2v) is 4.88. The van der Waals surface area contributed by atoms with E-state index in [1.807, 2.05) is 18.2 Å². The molecular formula is C16H18N2O. The zero-order valence-electron chi connectivity index (χ0n) is 11.0. The molecule has 1 aliphatic heterocycles. The first-order valence-electron chi connectivity index (χ1n) is 6.56. The summed E-state index contributed by atoms with van der Waals surface area (Å²) >= 11 is 0. The fourth-order valence-electron chi connectivity index (χ4n) is 2.52. The van der Waals surface area contributed by atoms with Gasteiger partial charge in [0.2, 0.25) is 0 Å². The van der Waals surface area contributed by atoms with Crippen molar-refractivity contribution in [2.45, 2.75) is 6.10 Å². The first kappa shape index (κ1) is 12.1. The van der Waals surface area contributed by atoms with Crippen molar-refractivity contribution in [3.63, 3.8) is 0 Å². The molecule has 0 radical (unpaired) electrons. The van der Waals surface area contributed by atoms with E-state index in [2.05, 4.69) is 42.3 Å². The lowest BCUT2D eigenvalue weighted by Crippen LogP contribution is -2.42. The highest BCUT2D eigenvalue weighted by atomic mass is 16.5. The minimum Gasteiger partial charge on any atom is -0.484 e. The predicted molar refractivity (Wildman–Crippen MR) is 78.6 cm³/mol. The van der Waals surface area contributed by atoms with Crippen molar-refractivity contribution in [1.82, 2.24) is 0 Å². The van der Waals surface area contributed by atoms with Crippen LogP contribution in [-0.2, 0) is 0 Å². The summed E-state index contributed by atoms with van der Waals surface area (Å²) < 4.78 is 6.07. The van der Waals surface area contributed by atoms with Crippen LogP contribution in [-0.4, -0.2) is 26.2 Å². The molecule has 2 N–H and O–H groups in total. The van der Waals surface area contributed by atoms with Gasteiger partial charge in [-0.05, 0) is 11.6 Å². The first-order valence-corrected chi connectivity index (χ1v) is 6.56. The molecule has 3 rings (SSSR count). The van der Waals surface area contributed by atoms with Gasteiger partial charge in [-0.1, -0.05) is 42.5 Å². The van der Waals surface area contributed by atoms with Crippen molar-refractivity contribution in [1.29, 1.82) is 0 Å². The van der Waals surface area contributed by atoms with E-state index in [0.717, 1.165) is 23.5 Å². The molecule has 1 atom stereocenters. The third kappa shape index (κ3) is 2.17. The number of anilines is 1. The Kier molecular flexibility index (Phi) is 3.13. The number of ether oxygens (including phenoxy) is 1. The second kappa shape index (κ2) is 4.94. The van der Waals surface area contributed by atoms with Crippen LogP contribution in [0.4, 0.5) is 5.69 Å². The van der Waals surface area contributed by atoms with E-state index >= 15 is 0 Å². The number of likely N-dealkylation sites (N-methyl/N-ethyl adjacent to an activating group) is 1. The Balaban J connectivity index is 2.11. The maximum absolute atomic E-state index is 6.07. The molecule has 19 heavy (non-hydrogen) atoms. The standard InChI is InChI=1S/C16H18N2O/c1-18-11-13(10-17)19-16-14(8-5-9-15(16)18)12-6-3-2-4-7-12/h2-9,13H,10-11,17H2,1H3/t13-/m0/s1. The lowest BCUT2D eigenvalue weighted by molar-refractivity contribution is 0.205. The van der Waals surface area contributed by atoms with E-state index in [9.17, 15) is 0 Å². The van der Waals surface area contributed by atoms with E-state index in [1.165, 1.54) is 5.56 Å². The van der Waals surface area contributed by atoms with Gasteiger partial charge in [0.15, 0.2) is 5.75 Å². The molecule has 1 aliphatic rings. The largest absolute Gasteiger partial charge is 0.484 e. The highest BCUT2D eigenvalue weighted by Crippen LogP contribution is 2.40. The smallest absolute Gasteiger partial charge is 0.150 e. The van der Waals surface area contributed by atoms with Gasteiger partial charge in [-0.3, -0.25) is 0 Å². The summed E-state index contributed by atoms with van der Waals surface area (Å²) in [7, 11) is 2.08. The van der Waals surface area contributed by atoms with Gasteiger partial charge in [-0.25, -0.2) is 0 Å². The highest BCUT2D eigenvalue weighted by Gasteiger charge is 2.24. The van der Waals surface area contributed by atoms with E-state index in [1.54, 1.807) is 0 Å². The lowest BCUT2D eigenvalue weighted by atomic mass is 10.0. The van der Waals surface area contributed by atoms with Crippen molar-refractivity contribution in [2.75, 3.05) is 25.0 Å². The molecule has 0 bridgehead atoms. The van der Waals surface area contributed by atoms with Crippen LogP contribution in [0.25, 0.3) is 11.1 Å². The van der Waals surface area contributed by atoms with Crippen LogP contribution >= 0.6 is 0 Å². The monoisotopic (exact) mass is 254 g/mol. The molecule has 0 saturated carbocycles. The van der Waals surface area contributed by atoms with Crippen LogP contribution < -0.4 is 15.4 Å². The number of benzene rings is 2. The van der Waals surface area contributed by atoms with Crippen LogP contribution in [0.15, 0.2) is 48.5 Å². The molecular weight excluding hydrogens is 236 g/mol. The van der Waals surface area contributed by atoms with Crippen molar-refractivity contribution in [3.8, 4) is 16.9 Å². The Hall–Kier alpha value is -2.00. The normalized spacial score (nSPS) is 17.8. The number of para-hydroxylation sites is 1. The van der Waals surface area contributed by atoms with Crippen molar-refractivity contribution >= 4 is 5.69 Å². The quantitative estimate of drug-likeness (QED) is 0.895. The van der Waals surface area contributed by atoms with Gasteiger partial charge in [0.25, 0.3) is 0 Å². The van der Waals surface area contributed by atoms with E-state index in [-0.39, 0.29) is 6.10 Å². The molecule has 0 spiro atoms. The summed E-state index contributed by atoms with van der Waals surface area (Å²) in [5.41, 5.74) is 9.19. The van der Waals surface area contributed by atoms with Gasteiger partial charge in [0.05, 0.1) is 12.2 Å². The Bertz CT molecular complexity index is 568. The summed E-state index contributed by atoms with van der Waals surface area (Å²) in [6.45, 7) is 1.37. The minimum absolute atomic E-state index is 0.0577. The Labute approximate surface area is 113 Å². The average Bonchev–Trinajstić information content (AvgIpc) is 2.47. The average molecular weight is 254 g/mol. The summed E-state index contributed by atoms with van der Waals surface area (Å²) in [4.78, 5) is 2.21. The molecule has 0 aliphatic carbocycles. The zero-order valence-corrected chi connectivity index (χ0v) is 11.0. The molecule has 3 nitrogen and oxygen atoms in total. The van der Waals surface area contributed by atoms with Gasteiger partial charge in [-0.2, -0.15) is 0 Å². The third-order valence-corrected chi connectivity index (χ3v) is 3.52. The van der Waals surface area contributed by atoms with E-state index < -0.39 is 0 Å². The third-order valence-electron chi connectivity index (χ3n) is 3.52. The van der Waals surface area contributed by atoms with Gasteiger partial charge in [-0.15, -0.1) is 0 Å². The predicted octanol–water partition coefficient (Wildman–Crippen LogP) is 2.51. The number of rotatable bonds is 2. The Morgan fingerprint density at radius 1 is 1.16 bits per heavy atom. The molecule has 0 aromatic heterocycles. The number of nitrogens with zero attached hydrogens (tertiary/aromatic N) is 1. The van der Waals surface area contributed by atoms with Gasteiger partial charge in [0, 0.05) is 19.2 Å². The molecule has 0 fully saturated rings. The Morgan fingerprint density at radius 2 is 1.95 bits per heavy atom. The van der Waals surface area contributed by atoms with Crippen LogP contribution in [0.2, 0.25) is 0 Å². The fraction of sp³-hybridized carbons (Fsp3) is 0.250. The fourth-order valence-corrected chi connectivity index (χ4v) is 2.52.